The normalized spacial score (nSPS) is 12.9. The molecule has 32 heavy (non-hydrogen) atoms. The zero-order valence-corrected chi connectivity index (χ0v) is 17.6. The molecule has 0 saturated heterocycles. The Morgan fingerprint density at radius 2 is 1.16 bits per heavy atom. The molecule has 0 aromatic heterocycles. The first kappa shape index (κ1) is 18.7. The van der Waals surface area contributed by atoms with Crippen LogP contribution in [-0.4, -0.2) is 0 Å². The third-order valence-electron chi connectivity index (χ3n) is 6.39. The van der Waals surface area contributed by atoms with Crippen molar-refractivity contribution < 1.29 is 0 Å². The van der Waals surface area contributed by atoms with Gasteiger partial charge in [0.1, 0.15) is 0 Å². The van der Waals surface area contributed by atoms with E-state index in [1.807, 2.05) is 30.3 Å². The minimum atomic E-state index is 0.203. The monoisotopic (exact) mass is 410 g/mol. The van der Waals surface area contributed by atoms with Gasteiger partial charge in [0.25, 0.3) is 0 Å². The lowest BCUT2D eigenvalue weighted by Crippen LogP contribution is -2.04. The van der Waals surface area contributed by atoms with Crippen molar-refractivity contribution in [2.24, 2.45) is 10.2 Å². The zero-order chi connectivity index (χ0) is 21.3. The molecule has 0 atom stereocenters. The fourth-order valence-corrected chi connectivity index (χ4v) is 4.97. The highest BCUT2D eigenvalue weighted by atomic mass is 15.1. The van der Waals surface area contributed by atoms with Crippen LogP contribution in [0, 0.1) is 0 Å². The van der Waals surface area contributed by atoms with Crippen molar-refractivity contribution in [2.45, 2.75) is 12.5 Å². The Bertz CT molecular complexity index is 1410. The molecule has 0 heterocycles. The summed E-state index contributed by atoms with van der Waals surface area (Å²) < 4.78 is 0. The Hall–Kier alpha value is -4.04. The molecule has 1 aliphatic carbocycles. The average Bonchev–Trinajstić information content (AvgIpc) is 3.19. The maximum absolute atomic E-state index is 4.63. The van der Waals surface area contributed by atoms with Crippen LogP contribution in [0.5, 0.6) is 0 Å². The SMILES string of the molecule is c1ccc(N=NCc2c(C3c4ccccc4-c4ccccc43)ccc3ccccc23)cc1. The van der Waals surface area contributed by atoms with E-state index in [9.17, 15) is 0 Å². The summed E-state index contributed by atoms with van der Waals surface area (Å²) in [4.78, 5) is 0. The molecule has 0 saturated carbocycles. The molecule has 2 heteroatoms. The van der Waals surface area contributed by atoms with E-state index in [0.717, 1.165) is 5.69 Å². The minimum absolute atomic E-state index is 0.203. The summed E-state index contributed by atoms with van der Waals surface area (Å²) in [5, 5.41) is 11.6. The smallest absolute Gasteiger partial charge is 0.0862 e. The summed E-state index contributed by atoms with van der Waals surface area (Å²) in [6.07, 6.45) is 0. The van der Waals surface area contributed by atoms with Crippen molar-refractivity contribution in [1.82, 2.24) is 0 Å². The van der Waals surface area contributed by atoms with E-state index in [0.29, 0.717) is 6.54 Å². The Morgan fingerprint density at radius 1 is 0.531 bits per heavy atom. The maximum atomic E-state index is 4.63. The van der Waals surface area contributed by atoms with Gasteiger partial charge in [-0.2, -0.15) is 10.2 Å². The Labute approximate surface area is 187 Å². The number of azo groups is 1. The van der Waals surface area contributed by atoms with E-state index in [4.69, 9.17) is 0 Å². The quantitative estimate of drug-likeness (QED) is 0.261. The van der Waals surface area contributed by atoms with Crippen molar-refractivity contribution in [3.05, 3.63) is 138 Å². The second kappa shape index (κ2) is 7.90. The van der Waals surface area contributed by atoms with E-state index in [1.165, 1.54) is 44.2 Å². The summed E-state index contributed by atoms with van der Waals surface area (Å²) in [6.45, 7) is 0.548. The van der Waals surface area contributed by atoms with Gasteiger partial charge in [-0.3, -0.25) is 0 Å². The fourth-order valence-electron chi connectivity index (χ4n) is 4.97. The Morgan fingerprint density at radius 3 is 1.91 bits per heavy atom. The van der Waals surface area contributed by atoms with Gasteiger partial charge < -0.3 is 0 Å². The van der Waals surface area contributed by atoms with E-state index in [-0.39, 0.29) is 5.92 Å². The van der Waals surface area contributed by atoms with Crippen LogP contribution < -0.4 is 0 Å². The molecule has 0 fully saturated rings. The minimum Gasteiger partial charge on any atom is -0.184 e. The van der Waals surface area contributed by atoms with E-state index < -0.39 is 0 Å². The molecule has 1 aliphatic rings. The van der Waals surface area contributed by atoms with Crippen molar-refractivity contribution in [2.75, 3.05) is 0 Å². The highest BCUT2D eigenvalue weighted by Crippen LogP contribution is 2.49. The predicted octanol–water partition coefficient (Wildman–Crippen LogP) is 8.28. The number of benzene rings is 5. The molecule has 0 unspecified atom stereocenters. The zero-order valence-electron chi connectivity index (χ0n) is 17.6. The van der Waals surface area contributed by atoms with Crippen molar-refractivity contribution in [1.29, 1.82) is 0 Å². The number of fused-ring (bicyclic) bond motifs is 4. The average molecular weight is 411 g/mol. The Kier molecular flexibility index (Phi) is 4.62. The molecule has 0 spiro atoms. The van der Waals surface area contributed by atoms with Crippen LogP contribution in [0.25, 0.3) is 21.9 Å². The first-order valence-corrected chi connectivity index (χ1v) is 11.0. The summed E-state index contributed by atoms with van der Waals surface area (Å²) >= 11 is 0. The lowest BCUT2D eigenvalue weighted by Gasteiger charge is -2.19. The van der Waals surface area contributed by atoms with Gasteiger partial charge in [-0.1, -0.05) is 103 Å². The van der Waals surface area contributed by atoms with E-state index in [2.05, 4.69) is 95.2 Å². The van der Waals surface area contributed by atoms with Crippen molar-refractivity contribution in [3.8, 4) is 11.1 Å². The lowest BCUT2D eigenvalue weighted by molar-refractivity contribution is 0.917. The molecule has 2 nitrogen and oxygen atoms in total. The topological polar surface area (TPSA) is 24.7 Å². The van der Waals surface area contributed by atoms with Gasteiger partial charge in [0.05, 0.1) is 12.2 Å². The fraction of sp³-hybridized carbons (Fsp3) is 0.0667. The summed E-state index contributed by atoms with van der Waals surface area (Å²) in [6, 6.07) is 40.6. The number of hydrogen-bond acceptors (Lipinski definition) is 2. The molecule has 0 bridgehead atoms. The van der Waals surface area contributed by atoms with Gasteiger partial charge in [0.2, 0.25) is 0 Å². The number of rotatable bonds is 4. The lowest BCUT2D eigenvalue weighted by atomic mass is 9.84. The van der Waals surface area contributed by atoms with Crippen molar-refractivity contribution in [3.63, 3.8) is 0 Å². The molecule has 0 radical (unpaired) electrons. The standard InChI is InChI=1S/C30H22N2/c1-2-11-22(12-3-1)32-31-20-29-23-13-5-4-10-21(23)18-19-28(29)30-26-16-8-6-14-24(26)25-15-7-9-17-27(25)30/h1-19,30H,20H2. The molecule has 152 valence electrons. The van der Waals surface area contributed by atoms with Crippen LogP contribution in [0.2, 0.25) is 0 Å². The maximum Gasteiger partial charge on any atom is 0.0862 e. The summed E-state index contributed by atoms with van der Waals surface area (Å²) in [7, 11) is 0. The third-order valence-corrected chi connectivity index (χ3v) is 6.39. The van der Waals surface area contributed by atoms with Crippen LogP contribution in [0.4, 0.5) is 5.69 Å². The first-order chi connectivity index (χ1) is 15.9. The van der Waals surface area contributed by atoms with Crippen LogP contribution in [0.1, 0.15) is 28.2 Å². The van der Waals surface area contributed by atoms with Gasteiger partial charge in [-0.05, 0) is 56.3 Å². The van der Waals surface area contributed by atoms with Crippen LogP contribution in [-0.2, 0) is 6.54 Å². The van der Waals surface area contributed by atoms with Crippen LogP contribution in [0.15, 0.2) is 125 Å². The molecule has 6 rings (SSSR count). The highest BCUT2D eigenvalue weighted by Gasteiger charge is 2.31. The molecular weight excluding hydrogens is 388 g/mol. The first-order valence-electron chi connectivity index (χ1n) is 11.0. The number of nitrogens with zero attached hydrogens (tertiary/aromatic N) is 2. The van der Waals surface area contributed by atoms with Crippen LogP contribution >= 0.6 is 0 Å². The van der Waals surface area contributed by atoms with Crippen molar-refractivity contribution >= 4 is 16.5 Å². The second-order valence-electron chi connectivity index (χ2n) is 8.20. The summed E-state index contributed by atoms with van der Waals surface area (Å²) in [5.74, 6) is 0.203. The van der Waals surface area contributed by atoms with E-state index >= 15 is 0 Å². The molecular formula is C30H22N2. The third kappa shape index (κ3) is 3.12. The Balaban J connectivity index is 1.53. The largest absolute Gasteiger partial charge is 0.184 e. The summed E-state index contributed by atoms with van der Waals surface area (Å²) in [5.41, 5.74) is 8.84. The number of hydrogen-bond donors (Lipinski definition) is 0. The van der Waals surface area contributed by atoms with Gasteiger partial charge >= 0.3 is 0 Å². The van der Waals surface area contributed by atoms with Gasteiger partial charge in [0.15, 0.2) is 0 Å². The molecule has 0 N–H and O–H groups in total. The molecule has 0 amide bonds. The molecule has 5 aromatic carbocycles. The van der Waals surface area contributed by atoms with Crippen LogP contribution in [0.3, 0.4) is 0 Å². The predicted molar refractivity (Wildman–Crippen MR) is 131 cm³/mol. The van der Waals surface area contributed by atoms with Gasteiger partial charge in [-0.15, -0.1) is 0 Å². The van der Waals surface area contributed by atoms with Gasteiger partial charge in [0, 0.05) is 5.92 Å². The van der Waals surface area contributed by atoms with Gasteiger partial charge in [-0.25, -0.2) is 0 Å². The molecule has 5 aromatic rings. The second-order valence-corrected chi connectivity index (χ2v) is 8.20. The highest BCUT2D eigenvalue weighted by molar-refractivity contribution is 5.89. The van der Waals surface area contributed by atoms with E-state index in [1.54, 1.807) is 0 Å². The molecule has 0 aliphatic heterocycles.